The summed E-state index contributed by atoms with van der Waals surface area (Å²) in [6, 6.07) is 9.75. The SMILES string of the molecule is Cc1ccc(Oc2nc3ccc(C(=O)O)cc3o2)c(Cl)c1. The van der Waals surface area contributed by atoms with Gasteiger partial charge in [0, 0.05) is 0 Å². The Morgan fingerprint density at radius 2 is 2.10 bits per heavy atom. The number of oxazole rings is 1. The Hall–Kier alpha value is -2.53. The van der Waals surface area contributed by atoms with E-state index in [0.29, 0.717) is 21.9 Å². The number of aromatic carboxylic acids is 1. The maximum Gasteiger partial charge on any atom is 0.400 e. The summed E-state index contributed by atoms with van der Waals surface area (Å²) in [7, 11) is 0. The fraction of sp³-hybridized carbons (Fsp3) is 0.0667. The van der Waals surface area contributed by atoms with Gasteiger partial charge in [0.1, 0.15) is 5.52 Å². The van der Waals surface area contributed by atoms with Gasteiger partial charge in [0.05, 0.1) is 10.6 Å². The maximum absolute atomic E-state index is 10.9. The third kappa shape index (κ3) is 2.68. The predicted octanol–water partition coefficient (Wildman–Crippen LogP) is 4.28. The summed E-state index contributed by atoms with van der Waals surface area (Å²) >= 11 is 6.07. The molecule has 6 heteroatoms. The zero-order valence-electron chi connectivity index (χ0n) is 11.0. The molecule has 0 saturated heterocycles. The van der Waals surface area contributed by atoms with Gasteiger partial charge in [-0.3, -0.25) is 0 Å². The van der Waals surface area contributed by atoms with Gasteiger partial charge in [-0.15, -0.1) is 0 Å². The van der Waals surface area contributed by atoms with Crippen LogP contribution in [0.3, 0.4) is 0 Å². The lowest BCUT2D eigenvalue weighted by atomic mass is 10.2. The molecule has 0 atom stereocenters. The number of nitrogens with zero attached hydrogens (tertiary/aromatic N) is 1. The molecule has 0 saturated carbocycles. The molecule has 21 heavy (non-hydrogen) atoms. The molecule has 0 unspecified atom stereocenters. The van der Waals surface area contributed by atoms with Gasteiger partial charge in [0.2, 0.25) is 0 Å². The Labute approximate surface area is 124 Å². The third-order valence-corrected chi connectivity index (χ3v) is 3.20. The number of aromatic nitrogens is 1. The van der Waals surface area contributed by atoms with E-state index in [2.05, 4.69) is 4.98 Å². The molecule has 3 rings (SSSR count). The molecule has 2 aromatic carbocycles. The number of benzene rings is 2. The van der Waals surface area contributed by atoms with Gasteiger partial charge >= 0.3 is 12.0 Å². The van der Waals surface area contributed by atoms with Crippen molar-refractivity contribution in [1.29, 1.82) is 0 Å². The van der Waals surface area contributed by atoms with Crippen molar-refractivity contribution in [3.05, 3.63) is 52.5 Å². The summed E-state index contributed by atoms with van der Waals surface area (Å²) in [5.41, 5.74) is 1.99. The number of aryl methyl sites for hydroxylation is 1. The highest BCUT2D eigenvalue weighted by molar-refractivity contribution is 6.32. The summed E-state index contributed by atoms with van der Waals surface area (Å²) in [6.45, 7) is 1.92. The molecule has 1 heterocycles. The number of rotatable bonds is 3. The van der Waals surface area contributed by atoms with Crippen molar-refractivity contribution in [2.24, 2.45) is 0 Å². The molecule has 0 radical (unpaired) electrons. The van der Waals surface area contributed by atoms with Crippen molar-refractivity contribution in [3.8, 4) is 11.8 Å². The van der Waals surface area contributed by atoms with Crippen molar-refractivity contribution in [1.82, 2.24) is 4.98 Å². The molecule has 0 fully saturated rings. The van der Waals surface area contributed by atoms with Crippen molar-refractivity contribution in [2.45, 2.75) is 6.92 Å². The third-order valence-electron chi connectivity index (χ3n) is 2.90. The minimum atomic E-state index is -1.03. The molecule has 0 aliphatic carbocycles. The first-order chi connectivity index (χ1) is 10.0. The van der Waals surface area contributed by atoms with E-state index in [-0.39, 0.29) is 11.6 Å². The first-order valence-electron chi connectivity index (χ1n) is 6.11. The van der Waals surface area contributed by atoms with E-state index in [0.717, 1.165) is 5.56 Å². The zero-order valence-corrected chi connectivity index (χ0v) is 11.7. The second-order valence-corrected chi connectivity index (χ2v) is 4.91. The van der Waals surface area contributed by atoms with Crippen LogP contribution in [0.5, 0.6) is 11.8 Å². The fourth-order valence-corrected chi connectivity index (χ4v) is 2.14. The molecule has 0 aliphatic rings. The second kappa shape index (κ2) is 5.10. The Kier molecular flexibility index (Phi) is 3.27. The molecule has 0 amide bonds. The van der Waals surface area contributed by atoms with E-state index in [4.69, 9.17) is 25.9 Å². The van der Waals surface area contributed by atoms with Crippen LogP contribution in [-0.4, -0.2) is 16.1 Å². The van der Waals surface area contributed by atoms with Crippen LogP contribution in [0.4, 0.5) is 0 Å². The second-order valence-electron chi connectivity index (χ2n) is 4.50. The van der Waals surface area contributed by atoms with Gasteiger partial charge in [-0.25, -0.2) is 4.79 Å². The average Bonchev–Trinajstić information content (AvgIpc) is 2.83. The summed E-state index contributed by atoms with van der Waals surface area (Å²) in [5, 5.41) is 9.39. The van der Waals surface area contributed by atoms with Crippen LogP contribution < -0.4 is 4.74 Å². The molecule has 0 aliphatic heterocycles. The summed E-state index contributed by atoms with van der Waals surface area (Å²) < 4.78 is 10.9. The molecule has 3 aromatic rings. The van der Waals surface area contributed by atoms with Gasteiger partial charge in [-0.1, -0.05) is 17.7 Å². The lowest BCUT2D eigenvalue weighted by molar-refractivity contribution is 0.0697. The van der Waals surface area contributed by atoms with Crippen molar-refractivity contribution in [2.75, 3.05) is 0 Å². The van der Waals surface area contributed by atoms with E-state index in [9.17, 15) is 4.79 Å². The number of halogens is 1. The van der Waals surface area contributed by atoms with Gasteiger partial charge in [-0.2, -0.15) is 4.98 Å². The van der Waals surface area contributed by atoms with Gasteiger partial charge in [0.25, 0.3) is 0 Å². The van der Waals surface area contributed by atoms with E-state index in [1.54, 1.807) is 18.2 Å². The van der Waals surface area contributed by atoms with Crippen LogP contribution in [0.2, 0.25) is 5.02 Å². The van der Waals surface area contributed by atoms with Crippen LogP contribution >= 0.6 is 11.6 Å². The normalized spacial score (nSPS) is 10.8. The summed E-state index contributed by atoms with van der Waals surface area (Å²) in [6.07, 6.45) is 0.0123. The maximum atomic E-state index is 10.9. The van der Waals surface area contributed by atoms with Crippen molar-refractivity contribution >= 4 is 28.7 Å². The van der Waals surface area contributed by atoms with Crippen molar-refractivity contribution in [3.63, 3.8) is 0 Å². The minimum Gasteiger partial charge on any atom is -0.478 e. The van der Waals surface area contributed by atoms with Crippen molar-refractivity contribution < 1.29 is 19.1 Å². The molecule has 0 bridgehead atoms. The monoisotopic (exact) mass is 303 g/mol. The number of fused-ring (bicyclic) bond motifs is 1. The fourth-order valence-electron chi connectivity index (χ4n) is 1.86. The minimum absolute atomic E-state index is 0.0123. The van der Waals surface area contributed by atoms with Gasteiger partial charge < -0.3 is 14.3 Å². The number of hydrogen-bond donors (Lipinski definition) is 1. The molecule has 1 N–H and O–H groups in total. The molecule has 0 spiro atoms. The highest BCUT2D eigenvalue weighted by Crippen LogP contribution is 2.31. The standard InChI is InChI=1S/C15H10ClNO4/c1-8-2-5-12(10(16)6-8)20-15-17-11-4-3-9(14(18)19)7-13(11)21-15/h2-7H,1H3,(H,18,19). The Morgan fingerprint density at radius 1 is 1.29 bits per heavy atom. The van der Waals surface area contributed by atoms with Crippen LogP contribution in [0.25, 0.3) is 11.1 Å². The topological polar surface area (TPSA) is 72.6 Å². The van der Waals surface area contributed by atoms with Gasteiger partial charge in [-0.05, 0) is 42.8 Å². The van der Waals surface area contributed by atoms with E-state index >= 15 is 0 Å². The number of carboxylic acid groups (broad SMARTS) is 1. The van der Waals surface area contributed by atoms with E-state index in [1.807, 2.05) is 13.0 Å². The largest absolute Gasteiger partial charge is 0.478 e. The molecule has 1 aromatic heterocycles. The van der Waals surface area contributed by atoms with E-state index in [1.165, 1.54) is 12.1 Å². The summed E-state index contributed by atoms with van der Waals surface area (Å²) in [4.78, 5) is 15.0. The molecular weight excluding hydrogens is 294 g/mol. The molecular formula is C15H10ClNO4. The smallest absolute Gasteiger partial charge is 0.400 e. The first-order valence-corrected chi connectivity index (χ1v) is 6.48. The van der Waals surface area contributed by atoms with E-state index < -0.39 is 5.97 Å². The van der Waals surface area contributed by atoms with Crippen LogP contribution in [0, 0.1) is 6.92 Å². The Bertz CT molecular complexity index is 841. The highest BCUT2D eigenvalue weighted by Gasteiger charge is 2.12. The van der Waals surface area contributed by atoms with Crippen LogP contribution in [0.15, 0.2) is 40.8 Å². The quantitative estimate of drug-likeness (QED) is 0.781. The lowest BCUT2D eigenvalue weighted by Gasteiger charge is -2.03. The number of hydrogen-bond acceptors (Lipinski definition) is 4. The Balaban J connectivity index is 1.95. The Morgan fingerprint density at radius 3 is 2.81 bits per heavy atom. The van der Waals surface area contributed by atoms with Crippen LogP contribution in [0.1, 0.15) is 15.9 Å². The lowest BCUT2D eigenvalue weighted by Crippen LogP contribution is -1.94. The predicted molar refractivity (Wildman–Crippen MR) is 77.2 cm³/mol. The molecule has 106 valence electrons. The zero-order chi connectivity index (χ0) is 15.0. The summed E-state index contributed by atoms with van der Waals surface area (Å²) in [5.74, 6) is -0.607. The number of carbonyl (C=O) groups is 1. The van der Waals surface area contributed by atoms with Crippen LogP contribution in [-0.2, 0) is 0 Å². The molecule has 5 nitrogen and oxygen atoms in total. The number of ether oxygens (including phenoxy) is 1. The van der Waals surface area contributed by atoms with Gasteiger partial charge in [0.15, 0.2) is 11.3 Å². The first kappa shape index (κ1) is 13.5. The highest BCUT2D eigenvalue weighted by atomic mass is 35.5. The number of carboxylic acids is 1. The average molecular weight is 304 g/mol.